The Hall–Kier alpha value is -3.63. The molecule has 10 heteroatoms. The second-order valence-corrected chi connectivity index (χ2v) is 8.17. The van der Waals surface area contributed by atoms with Gasteiger partial charge >= 0.3 is 5.97 Å². The number of rotatable bonds is 6. The number of hydrogen-bond acceptors (Lipinski definition) is 6. The van der Waals surface area contributed by atoms with Crippen molar-refractivity contribution in [1.82, 2.24) is 14.0 Å². The normalized spacial score (nSPS) is 11.8. The zero-order valence-corrected chi connectivity index (χ0v) is 20.1. The fraction of sp³-hybridized carbons (Fsp3) is 0.208. The molecule has 0 spiro atoms. The molecule has 0 saturated heterocycles. The summed E-state index contributed by atoms with van der Waals surface area (Å²) in [5.74, 6) is -1.25. The van der Waals surface area contributed by atoms with Gasteiger partial charge < -0.3 is 14.0 Å². The molecule has 0 unspecified atom stereocenters. The van der Waals surface area contributed by atoms with Crippen LogP contribution in [0.3, 0.4) is 0 Å². The molecule has 174 valence electrons. The molecule has 3 heterocycles. The van der Waals surface area contributed by atoms with Crippen LogP contribution in [0.2, 0.25) is 0 Å². The number of fused-ring (bicyclic) bond motifs is 2. The van der Waals surface area contributed by atoms with Crippen molar-refractivity contribution in [3.05, 3.63) is 86.2 Å². The highest BCUT2D eigenvalue weighted by molar-refractivity contribution is 9.10. The predicted molar refractivity (Wildman–Crippen MR) is 129 cm³/mol. The number of methoxy groups -OCH3 is 1. The van der Waals surface area contributed by atoms with Gasteiger partial charge in [-0.15, -0.1) is 0 Å². The van der Waals surface area contributed by atoms with Gasteiger partial charge in [0, 0.05) is 29.9 Å². The molecule has 0 atom stereocenters. The lowest BCUT2D eigenvalue weighted by atomic mass is 10.2. The molecule has 1 aromatic carbocycles. The number of halogens is 1. The van der Waals surface area contributed by atoms with E-state index in [2.05, 4.69) is 25.9 Å². The molecule has 3 aromatic heterocycles. The number of carbonyl (C=O) groups excluding carboxylic acids is 2. The fourth-order valence-corrected chi connectivity index (χ4v) is 3.77. The van der Waals surface area contributed by atoms with E-state index in [1.165, 1.54) is 17.6 Å². The maximum absolute atomic E-state index is 13.3. The topological polar surface area (TPSA) is 104 Å². The number of hydrogen-bond donors (Lipinski definition) is 0. The fourth-order valence-electron chi connectivity index (χ4n) is 3.50. The van der Waals surface area contributed by atoms with Gasteiger partial charge in [0.2, 0.25) is 0 Å². The van der Waals surface area contributed by atoms with E-state index >= 15 is 0 Å². The van der Waals surface area contributed by atoms with Crippen LogP contribution >= 0.6 is 15.9 Å². The van der Waals surface area contributed by atoms with Crippen molar-refractivity contribution in [2.75, 3.05) is 20.3 Å². The minimum absolute atomic E-state index is 0.00861. The summed E-state index contributed by atoms with van der Waals surface area (Å²) < 4.78 is 14.2. The van der Waals surface area contributed by atoms with Crippen LogP contribution in [0.5, 0.6) is 0 Å². The van der Waals surface area contributed by atoms with E-state index in [0.717, 1.165) is 4.47 Å². The minimum atomic E-state index is -0.699. The lowest BCUT2D eigenvalue weighted by Gasteiger charge is -2.14. The molecule has 1 amide bonds. The maximum atomic E-state index is 13.3. The van der Waals surface area contributed by atoms with Crippen molar-refractivity contribution in [2.45, 2.75) is 13.5 Å². The van der Waals surface area contributed by atoms with Crippen LogP contribution in [-0.4, -0.2) is 46.2 Å². The van der Waals surface area contributed by atoms with Gasteiger partial charge in [0.25, 0.3) is 11.5 Å². The van der Waals surface area contributed by atoms with E-state index in [1.807, 2.05) is 0 Å². The number of carbonyl (C=O) groups is 2. The van der Waals surface area contributed by atoms with Crippen molar-refractivity contribution in [1.29, 1.82) is 0 Å². The van der Waals surface area contributed by atoms with Crippen LogP contribution in [0.15, 0.2) is 69.0 Å². The molecule has 4 rings (SSSR count). The Bertz CT molecular complexity index is 1520. The van der Waals surface area contributed by atoms with Gasteiger partial charge in [-0.2, -0.15) is 4.99 Å². The van der Waals surface area contributed by atoms with Crippen molar-refractivity contribution in [3.8, 4) is 0 Å². The highest BCUT2D eigenvalue weighted by atomic mass is 79.9. The van der Waals surface area contributed by atoms with Gasteiger partial charge in [0.05, 0.1) is 18.6 Å². The number of pyridine rings is 2. The van der Waals surface area contributed by atoms with Crippen LogP contribution in [-0.2, 0) is 16.0 Å². The van der Waals surface area contributed by atoms with Gasteiger partial charge in [-0.25, -0.2) is 9.78 Å². The average molecular weight is 525 g/mol. The third-order valence-electron chi connectivity index (χ3n) is 5.10. The van der Waals surface area contributed by atoms with Gasteiger partial charge in [-0.3, -0.25) is 14.0 Å². The summed E-state index contributed by atoms with van der Waals surface area (Å²) in [5.41, 5.74) is 0.712. The predicted octanol–water partition coefficient (Wildman–Crippen LogP) is 2.98. The molecule has 0 aliphatic carbocycles. The van der Waals surface area contributed by atoms with Gasteiger partial charge in [-0.1, -0.05) is 22.0 Å². The molecule has 0 aliphatic rings. The summed E-state index contributed by atoms with van der Waals surface area (Å²) in [6.45, 7) is 2.22. The van der Waals surface area contributed by atoms with Gasteiger partial charge in [0.15, 0.2) is 5.49 Å². The zero-order chi connectivity index (χ0) is 24.2. The molecule has 34 heavy (non-hydrogen) atoms. The van der Waals surface area contributed by atoms with Gasteiger partial charge in [0.1, 0.15) is 16.9 Å². The van der Waals surface area contributed by atoms with Crippen molar-refractivity contribution in [3.63, 3.8) is 0 Å². The summed E-state index contributed by atoms with van der Waals surface area (Å²) >= 11 is 3.34. The lowest BCUT2D eigenvalue weighted by molar-refractivity contribution is 0.0523. The third-order valence-corrected chi connectivity index (χ3v) is 5.63. The second-order valence-electron chi connectivity index (χ2n) is 7.25. The summed E-state index contributed by atoms with van der Waals surface area (Å²) in [6.07, 6.45) is 1.60. The van der Waals surface area contributed by atoms with E-state index in [1.54, 1.807) is 60.2 Å². The van der Waals surface area contributed by atoms with Crippen molar-refractivity contribution in [2.24, 2.45) is 4.99 Å². The molecule has 0 bridgehead atoms. The van der Waals surface area contributed by atoms with E-state index in [9.17, 15) is 14.4 Å². The number of amides is 1. The summed E-state index contributed by atoms with van der Waals surface area (Å²) in [6, 6.07) is 13.3. The number of benzene rings is 1. The molecule has 0 aliphatic heterocycles. The first kappa shape index (κ1) is 23.5. The number of esters is 1. The molecule has 0 saturated carbocycles. The van der Waals surface area contributed by atoms with Crippen LogP contribution in [0.25, 0.3) is 16.7 Å². The molecule has 0 fully saturated rings. The minimum Gasteiger partial charge on any atom is -0.462 e. The first-order chi connectivity index (χ1) is 16.4. The quantitative estimate of drug-likeness (QED) is 0.283. The molecule has 0 radical (unpaired) electrons. The third kappa shape index (κ3) is 4.55. The van der Waals surface area contributed by atoms with Crippen LogP contribution in [0.1, 0.15) is 27.6 Å². The number of ether oxygens (including phenoxy) is 2. The second kappa shape index (κ2) is 10.1. The Morgan fingerprint density at radius 2 is 1.91 bits per heavy atom. The Morgan fingerprint density at radius 3 is 2.62 bits per heavy atom. The van der Waals surface area contributed by atoms with Crippen molar-refractivity contribution >= 4 is 44.5 Å². The standard InChI is InChI=1S/C24H21BrN4O5/c1-3-34-24(32)18-14-17-20(26-19-6-4-5-11-28(19)23(17)31)29(12-13-33-2)21(18)27-22(30)15-7-9-16(25)10-8-15/h4-11,14H,3,12-13H2,1-2H3. The van der Waals surface area contributed by atoms with Crippen LogP contribution in [0, 0.1) is 0 Å². The Labute approximate surface area is 202 Å². The lowest BCUT2D eigenvalue weighted by Crippen LogP contribution is -2.33. The van der Waals surface area contributed by atoms with E-state index < -0.39 is 11.9 Å². The Balaban J connectivity index is 2.10. The summed E-state index contributed by atoms with van der Waals surface area (Å²) in [5, 5.41) is 0.192. The molecule has 4 aromatic rings. The van der Waals surface area contributed by atoms with Crippen molar-refractivity contribution < 1.29 is 19.1 Å². The summed E-state index contributed by atoms with van der Waals surface area (Å²) in [7, 11) is 1.53. The monoisotopic (exact) mass is 524 g/mol. The van der Waals surface area contributed by atoms with Gasteiger partial charge in [-0.05, 0) is 49.4 Å². The molecular formula is C24H21BrN4O5. The van der Waals surface area contributed by atoms with E-state index in [4.69, 9.17) is 9.47 Å². The van der Waals surface area contributed by atoms with Crippen LogP contribution in [0.4, 0.5) is 0 Å². The molecule has 9 nitrogen and oxygen atoms in total. The number of nitrogens with zero attached hydrogens (tertiary/aromatic N) is 4. The molecular weight excluding hydrogens is 504 g/mol. The number of aromatic nitrogens is 3. The summed E-state index contributed by atoms with van der Waals surface area (Å²) in [4.78, 5) is 48.1. The largest absolute Gasteiger partial charge is 0.462 e. The van der Waals surface area contributed by atoms with Crippen LogP contribution < -0.4 is 11.0 Å². The first-order valence-electron chi connectivity index (χ1n) is 10.5. The molecule has 0 N–H and O–H groups in total. The smallest absolute Gasteiger partial charge is 0.341 e. The average Bonchev–Trinajstić information content (AvgIpc) is 2.84. The highest BCUT2D eigenvalue weighted by Gasteiger charge is 2.20. The van der Waals surface area contributed by atoms with E-state index in [0.29, 0.717) is 11.2 Å². The SMILES string of the molecule is CCOC(=O)c1cc2c(=O)n3ccccc3nc2n(CCOC)c1=NC(=O)c1ccc(Br)cc1. The maximum Gasteiger partial charge on any atom is 0.341 e. The Kier molecular flexibility index (Phi) is 6.99. The first-order valence-corrected chi connectivity index (χ1v) is 11.3. The zero-order valence-electron chi connectivity index (χ0n) is 18.5. The highest BCUT2D eigenvalue weighted by Crippen LogP contribution is 2.13. The Morgan fingerprint density at radius 1 is 1.15 bits per heavy atom. The van der Waals surface area contributed by atoms with E-state index in [-0.39, 0.29) is 47.4 Å².